The minimum absolute atomic E-state index is 0.0934. The average molecular weight is 343 g/mol. The van der Waals surface area contributed by atoms with Crippen LogP contribution in [0.1, 0.15) is 13.3 Å². The van der Waals surface area contributed by atoms with Gasteiger partial charge in [-0.25, -0.2) is 21.9 Å². The van der Waals surface area contributed by atoms with Crippen molar-refractivity contribution in [3.8, 4) is 0 Å². The quantitative estimate of drug-likeness (QED) is 0.856. The van der Waals surface area contributed by atoms with Crippen molar-refractivity contribution in [2.24, 2.45) is 5.73 Å². The molecule has 3 N–H and O–H groups in total. The lowest BCUT2D eigenvalue weighted by Gasteiger charge is -2.16. The van der Waals surface area contributed by atoms with Crippen molar-refractivity contribution in [2.45, 2.75) is 24.3 Å². The Morgan fingerprint density at radius 3 is 2.50 bits per heavy atom. The molecule has 0 fully saturated rings. The van der Waals surface area contributed by atoms with Gasteiger partial charge in [0.25, 0.3) is 0 Å². The summed E-state index contributed by atoms with van der Waals surface area (Å²) in [6.45, 7) is 1.84. The van der Waals surface area contributed by atoms with Crippen molar-refractivity contribution in [1.29, 1.82) is 0 Å². The smallest absolute Gasteiger partial charge is 0.244 e. The molecule has 18 heavy (non-hydrogen) atoms. The van der Waals surface area contributed by atoms with Gasteiger partial charge in [-0.15, -0.1) is 0 Å². The standard InChI is InChI=1S/C10H13BrF2N2O2S/c1-2-7(5-14)15-18(16,17)10-8(11)3-6(12)4-9(10)13/h3-4,7,15H,2,5,14H2,1H3. The van der Waals surface area contributed by atoms with E-state index in [9.17, 15) is 17.2 Å². The first-order chi connectivity index (χ1) is 8.31. The number of rotatable bonds is 5. The van der Waals surface area contributed by atoms with Crippen LogP contribution in [0.15, 0.2) is 21.5 Å². The SMILES string of the molecule is CCC(CN)NS(=O)(=O)c1c(F)cc(F)cc1Br. The van der Waals surface area contributed by atoms with Gasteiger partial charge in [-0.1, -0.05) is 6.92 Å². The van der Waals surface area contributed by atoms with E-state index in [1.807, 2.05) is 0 Å². The Bertz CT molecular complexity index is 510. The highest BCUT2D eigenvalue weighted by Crippen LogP contribution is 2.26. The van der Waals surface area contributed by atoms with E-state index in [0.717, 1.165) is 6.07 Å². The maximum absolute atomic E-state index is 13.5. The molecule has 0 saturated carbocycles. The molecule has 1 unspecified atom stereocenters. The van der Waals surface area contributed by atoms with Crippen LogP contribution in [-0.2, 0) is 10.0 Å². The molecule has 1 aromatic rings. The van der Waals surface area contributed by atoms with E-state index < -0.39 is 32.6 Å². The highest BCUT2D eigenvalue weighted by atomic mass is 79.9. The first-order valence-electron chi connectivity index (χ1n) is 5.18. The monoisotopic (exact) mass is 342 g/mol. The average Bonchev–Trinajstić information content (AvgIpc) is 2.23. The van der Waals surface area contributed by atoms with E-state index in [0.29, 0.717) is 12.5 Å². The van der Waals surface area contributed by atoms with Gasteiger partial charge in [0.1, 0.15) is 16.5 Å². The Labute approximate surface area is 113 Å². The molecule has 0 aliphatic heterocycles. The van der Waals surface area contributed by atoms with E-state index in [4.69, 9.17) is 5.73 Å². The Kier molecular flexibility index (Phi) is 5.20. The van der Waals surface area contributed by atoms with Gasteiger partial charge in [-0.3, -0.25) is 0 Å². The molecule has 0 aliphatic rings. The predicted molar refractivity (Wildman–Crippen MR) is 67.5 cm³/mol. The van der Waals surface area contributed by atoms with Crippen LogP contribution in [0.4, 0.5) is 8.78 Å². The van der Waals surface area contributed by atoms with E-state index in [-0.39, 0.29) is 11.0 Å². The fourth-order valence-corrected chi connectivity index (χ4v) is 3.86. The van der Waals surface area contributed by atoms with Gasteiger partial charge in [0, 0.05) is 23.1 Å². The molecule has 0 saturated heterocycles. The van der Waals surface area contributed by atoms with Crippen molar-refractivity contribution in [3.63, 3.8) is 0 Å². The van der Waals surface area contributed by atoms with E-state index in [1.54, 1.807) is 6.92 Å². The van der Waals surface area contributed by atoms with Gasteiger partial charge in [0.05, 0.1) is 0 Å². The zero-order valence-electron chi connectivity index (χ0n) is 9.58. The number of nitrogens with two attached hydrogens (primary N) is 1. The maximum Gasteiger partial charge on any atom is 0.244 e. The minimum Gasteiger partial charge on any atom is -0.329 e. The molecule has 1 atom stereocenters. The first kappa shape index (κ1) is 15.5. The van der Waals surface area contributed by atoms with Crippen LogP contribution >= 0.6 is 15.9 Å². The minimum atomic E-state index is -4.08. The number of hydrogen-bond acceptors (Lipinski definition) is 3. The van der Waals surface area contributed by atoms with Gasteiger partial charge in [-0.05, 0) is 28.4 Å². The number of hydrogen-bond donors (Lipinski definition) is 2. The Morgan fingerprint density at radius 1 is 1.44 bits per heavy atom. The topological polar surface area (TPSA) is 72.2 Å². The summed E-state index contributed by atoms with van der Waals surface area (Å²) < 4.78 is 52.4. The van der Waals surface area contributed by atoms with Crippen molar-refractivity contribution in [2.75, 3.05) is 6.54 Å². The van der Waals surface area contributed by atoms with Gasteiger partial charge >= 0.3 is 0 Å². The molecule has 4 nitrogen and oxygen atoms in total. The summed E-state index contributed by atoms with van der Waals surface area (Å²) in [5, 5.41) is 0. The molecular weight excluding hydrogens is 330 g/mol. The van der Waals surface area contributed by atoms with Crippen molar-refractivity contribution >= 4 is 26.0 Å². The maximum atomic E-state index is 13.5. The highest BCUT2D eigenvalue weighted by Gasteiger charge is 2.25. The molecule has 0 radical (unpaired) electrons. The second kappa shape index (κ2) is 6.05. The Hall–Kier alpha value is -0.570. The lowest BCUT2D eigenvalue weighted by atomic mass is 10.2. The molecule has 1 aromatic carbocycles. The third-order valence-corrected chi connectivity index (χ3v) is 4.81. The largest absolute Gasteiger partial charge is 0.329 e. The highest BCUT2D eigenvalue weighted by molar-refractivity contribution is 9.10. The van der Waals surface area contributed by atoms with Crippen LogP contribution in [-0.4, -0.2) is 21.0 Å². The summed E-state index contributed by atoms with van der Waals surface area (Å²) >= 11 is 2.84. The molecule has 102 valence electrons. The zero-order chi connectivity index (χ0) is 13.9. The van der Waals surface area contributed by atoms with E-state index in [2.05, 4.69) is 20.7 Å². The predicted octanol–water partition coefficient (Wildman–Crippen LogP) is 1.74. The van der Waals surface area contributed by atoms with Gasteiger partial charge in [0.2, 0.25) is 10.0 Å². The van der Waals surface area contributed by atoms with Crippen LogP contribution in [0.2, 0.25) is 0 Å². The van der Waals surface area contributed by atoms with Crippen LogP contribution in [0.3, 0.4) is 0 Å². The normalized spacial score (nSPS) is 13.6. The van der Waals surface area contributed by atoms with Crippen LogP contribution in [0.25, 0.3) is 0 Å². The van der Waals surface area contributed by atoms with Crippen LogP contribution < -0.4 is 10.5 Å². The van der Waals surface area contributed by atoms with Gasteiger partial charge in [-0.2, -0.15) is 0 Å². The fourth-order valence-electron chi connectivity index (χ4n) is 1.36. The summed E-state index contributed by atoms with van der Waals surface area (Å²) in [5.41, 5.74) is 5.38. The Balaban J connectivity index is 3.21. The van der Waals surface area contributed by atoms with Crippen LogP contribution in [0.5, 0.6) is 0 Å². The molecule has 1 rings (SSSR count). The molecular formula is C10H13BrF2N2O2S. The summed E-state index contributed by atoms with van der Waals surface area (Å²) in [7, 11) is -4.08. The number of nitrogens with one attached hydrogen (secondary N) is 1. The number of sulfonamides is 1. The first-order valence-corrected chi connectivity index (χ1v) is 7.46. The summed E-state index contributed by atoms with van der Waals surface area (Å²) in [6, 6.07) is 0.912. The Morgan fingerprint density at radius 2 is 2.06 bits per heavy atom. The van der Waals surface area contributed by atoms with E-state index in [1.165, 1.54) is 0 Å². The molecule has 8 heteroatoms. The van der Waals surface area contributed by atoms with Crippen molar-refractivity contribution < 1.29 is 17.2 Å². The third-order valence-electron chi connectivity index (χ3n) is 2.33. The second-order valence-electron chi connectivity index (χ2n) is 3.66. The molecule has 0 aromatic heterocycles. The summed E-state index contributed by atoms with van der Waals surface area (Å²) in [6.07, 6.45) is 0.468. The second-order valence-corrected chi connectivity index (χ2v) is 6.17. The number of halogens is 3. The van der Waals surface area contributed by atoms with E-state index >= 15 is 0 Å². The molecule has 0 spiro atoms. The van der Waals surface area contributed by atoms with Crippen molar-refractivity contribution in [3.05, 3.63) is 28.2 Å². The molecule has 0 bridgehead atoms. The zero-order valence-corrected chi connectivity index (χ0v) is 12.0. The van der Waals surface area contributed by atoms with Crippen LogP contribution in [0, 0.1) is 11.6 Å². The molecule has 0 aliphatic carbocycles. The summed E-state index contributed by atoms with van der Waals surface area (Å²) in [4.78, 5) is -0.615. The summed E-state index contributed by atoms with van der Waals surface area (Å²) in [5.74, 6) is -2.01. The molecule has 0 amide bonds. The third kappa shape index (κ3) is 3.47. The number of benzene rings is 1. The lowest BCUT2D eigenvalue weighted by molar-refractivity contribution is 0.522. The fraction of sp³-hybridized carbons (Fsp3) is 0.400. The van der Waals surface area contributed by atoms with Gasteiger partial charge < -0.3 is 5.73 Å². The van der Waals surface area contributed by atoms with Gasteiger partial charge in [0.15, 0.2) is 0 Å². The lowest BCUT2D eigenvalue weighted by Crippen LogP contribution is -2.40. The van der Waals surface area contributed by atoms with Crippen molar-refractivity contribution in [1.82, 2.24) is 4.72 Å². The molecule has 0 heterocycles.